The minimum absolute atomic E-state index is 0.280. The number of hydrogen-bond acceptors (Lipinski definition) is 2. The first-order chi connectivity index (χ1) is 8.99. The third-order valence-corrected chi connectivity index (χ3v) is 5.28. The molecular formula is C17H31NS. The fourth-order valence-electron chi connectivity index (χ4n) is 2.32. The lowest BCUT2D eigenvalue weighted by Crippen LogP contribution is -2.15. The average Bonchev–Trinajstić information content (AvgIpc) is 2.83. The molecule has 0 aromatic carbocycles. The molecular weight excluding hydrogens is 250 g/mol. The Morgan fingerprint density at radius 2 is 1.79 bits per heavy atom. The zero-order valence-electron chi connectivity index (χ0n) is 13.4. The Hall–Kier alpha value is -0.340. The van der Waals surface area contributed by atoms with Crippen molar-refractivity contribution >= 4 is 11.3 Å². The molecule has 1 N–H and O–H groups in total. The molecule has 2 heteroatoms. The van der Waals surface area contributed by atoms with E-state index in [9.17, 15) is 0 Å². The van der Waals surface area contributed by atoms with Gasteiger partial charge in [-0.3, -0.25) is 0 Å². The lowest BCUT2D eigenvalue weighted by Gasteiger charge is -2.17. The molecule has 0 amide bonds. The van der Waals surface area contributed by atoms with Crippen LogP contribution in [0.15, 0.2) is 12.1 Å². The number of unbranched alkanes of at least 4 members (excludes halogenated alkanes) is 4. The number of rotatable bonds is 8. The molecule has 0 saturated carbocycles. The average molecular weight is 282 g/mol. The van der Waals surface area contributed by atoms with Crippen LogP contribution in [-0.2, 0) is 5.41 Å². The first-order valence-electron chi connectivity index (χ1n) is 7.76. The van der Waals surface area contributed by atoms with E-state index in [0.717, 1.165) is 0 Å². The Morgan fingerprint density at radius 1 is 1.11 bits per heavy atom. The molecule has 110 valence electrons. The zero-order valence-corrected chi connectivity index (χ0v) is 14.2. The summed E-state index contributed by atoms with van der Waals surface area (Å²) in [4.78, 5) is 3.00. The summed E-state index contributed by atoms with van der Waals surface area (Å²) in [6.07, 6.45) is 8.10. The van der Waals surface area contributed by atoms with Crippen LogP contribution in [0, 0.1) is 0 Å². The van der Waals surface area contributed by atoms with Gasteiger partial charge < -0.3 is 5.32 Å². The Kier molecular flexibility index (Phi) is 7.09. The van der Waals surface area contributed by atoms with E-state index in [2.05, 4.69) is 52.2 Å². The molecule has 0 fully saturated rings. The molecule has 0 aliphatic carbocycles. The van der Waals surface area contributed by atoms with Crippen molar-refractivity contribution < 1.29 is 0 Å². The zero-order chi connectivity index (χ0) is 14.3. The Balaban J connectivity index is 2.48. The van der Waals surface area contributed by atoms with E-state index in [4.69, 9.17) is 0 Å². The van der Waals surface area contributed by atoms with Gasteiger partial charge >= 0.3 is 0 Å². The van der Waals surface area contributed by atoms with Gasteiger partial charge in [0.25, 0.3) is 0 Å². The van der Waals surface area contributed by atoms with Gasteiger partial charge in [-0.25, -0.2) is 0 Å². The van der Waals surface area contributed by atoms with Crippen molar-refractivity contribution in [1.82, 2.24) is 5.32 Å². The molecule has 0 spiro atoms. The fourth-order valence-corrected chi connectivity index (χ4v) is 3.53. The molecule has 1 nitrogen and oxygen atoms in total. The summed E-state index contributed by atoms with van der Waals surface area (Å²) in [5.41, 5.74) is 0.280. The minimum Gasteiger partial charge on any atom is -0.312 e. The van der Waals surface area contributed by atoms with Gasteiger partial charge in [0, 0.05) is 15.8 Å². The van der Waals surface area contributed by atoms with Gasteiger partial charge in [-0.2, -0.15) is 0 Å². The highest BCUT2D eigenvalue weighted by molar-refractivity contribution is 7.12. The van der Waals surface area contributed by atoms with Crippen LogP contribution in [0.2, 0.25) is 0 Å². The van der Waals surface area contributed by atoms with E-state index < -0.39 is 0 Å². The molecule has 1 aromatic rings. The van der Waals surface area contributed by atoms with Crippen LogP contribution >= 0.6 is 11.3 Å². The Labute approximate surface area is 123 Å². The highest BCUT2D eigenvalue weighted by Gasteiger charge is 2.18. The molecule has 19 heavy (non-hydrogen) atoms. The quantitative estimate of drug-likeness (QED) is 0.606. The minimum atomic E-state index is 0.280. The summed E-state index contributed by atoms with van der Waals surface area (Å²) in [7, 11) is 2.09. The molecule has 0 bridgehead atoms. The first-order valence-corrected chi connectivity index (χ1v) is 8.58. The summed E-state index contributed by atoms with van der Waals surface area (Å²) in [5.74, 6) is 0. The second-order valence-electron chi connectivity index (χ2n) is 6.50. The van der Waals surface area contributed by atoms with Crippen LogP contribution in [0.4, 0.5) is 0 Å². The second kappa shape index (κ2) is 8.06. The molecule has 0 radical (unpaired) electrons. The summed E-state index contributed by atoms with van der Waals surface area (Å²) in [6, 6.07) is 5.17. The normalized spacial score (nSPS) is 13.7. The van der Waals surface area contributed by atoms with E-state index in [1.807, 2.05) is 11.3 Å². The van der Waals surface area contributed by atoms with Crippen molar-refractivity contribution in [2.24, 2.45) is 0 Å². The first kappa shape index (κ1) is 16.7. The molecule has 1 aromatic heterocycles. The van der Waals surface area contributed by atoms with Gasteiger partial charge in [-0.15, -0.1) is 11.3 Å². The molecule has 1 atom stereocenters. The van der Waals surface area contributed by atoms with Crippen LogP contribution in [0.5, 0.6) is 0 Å². The molecule has 1 rings (SSSR count). The number of hydrogen-bond donors (Lipinski definition) is 1. The SMILES string of the molecule is CCCCCCCC(NC)c1ccc(C(C)(C)C)s1. The van der Waals surface area contributed by atoms with E-state index in [0.29, 0.717) is 6.04 Å². The van der Waals surface area contributed by atoms with E-state index in [1.165, 1.54) is 48.3 Å². The van der Waals surface area contributed by atoms with Crippen molar-refractivity contribution in [3.63, 3.8) is 0 Å². The van der Waals surface area contributed by atoms with Gasteiger partial charge in [0.1, 0.15) is 0 Å². The van der Waals surface area contributed by atoms with Crippen LogP contribution < -0.4 is 5.32 Å². The highest BCUT2D eigenvalue weighted by Crippen LogP contribution is 2.33. The van der Waals surface area contributed by atoms with Crippen molar-refractivity contribution in [1.29, 1.82) is 0 Å². The molecule has 1 unspecified atom stereocenters. The third kappa shape index (κ3) is 5.66. The van der Waals surface area contributed by atoms with E-state index in [-0.39, 0.29) is 5.41 Å². The van der Waals surface area contributed by atoms with Gasteiger partial charge in [0.2, 0.25) is 0 Å². The Bertz CT molecular complexity index is 348. The largest absolute Gasteiger partial charge is 0.312 e. The van der Waals surface area contributed by atoms with Crippen molar-refractivity contribution in [2.45, 2.75) is 77.7 Å². The van der Waals surface area contributed by atoms with Gasteiger partial charge in [-0.05, 0) is 31.0 Å². The van der Waals surface area contributed by atoms with Crippen molar-refractivity contribution in [3.8, 4) is 0 Å². The lowest BCUT2D eigenvalue weighted by atomic mass is 9.95. The topological polar surface area (TPSA) is 12.0 Å². The van der Waals surface area contributed by atoms with E-state index >= 15 is 0 Å². The van der Waals surface area contributed by atoms with Gasteiger partial charge in [0.05, 0.1) is 0 Å². The van der Waals surface area contributed by atoms with Crippen molar-refractivity contribution in [3.05, 3.63) is 21.9 Å². The maximum atomic E-state index is 3.48. The smallest absolute Gasteiger partial charge is 0.0412 e. The van der Waals surface area contributed by atoms with Crippen molar-refractivity contribution in [2.75, 3.05) is 7.05 Å². The molecule has 0 saturated heterocycles. The van der Waals surface area contributed by atoms with Gasteiger partial charge in [0.15, 0.2) is 0 Å². The van der Waals surface area contributed by atoms with E-state index in [1.54, 1.807) is 0 Å². The maximum absolute atomic E-state index is 3.48. The summed E-state index contributed by atoms with van der Waals surface area (Å²) in [5, 5.41) is 3.48. The standard InChI is InChI=1S/C17H31NS/c1-6-7-8-9-10-11-14(18-5)15-12-13-16(19-15)17(2,3)4/h12-14,18H,6-11H2,1-5H3. The predicted molar refractivity (Wildman–Crippen MR) is 88.2 cm³/mol. The third-order valence-electron chi connectivity index (χ3n) is 3.65. The van der Waals surface area contributed by atoms with Crippen LogP contribution in [0.25, 0.3) is 0 Å². The predicted octanol–water partition coefficient (Wildman–Crippen LogP) is 5.67. The lowest BCUT2D eigenvalue weighted by molar-refractivity contribution is 0.506. The molecule has 0 aliphatic rings. The van der Waals surface area contributed by atoms with Gasteiger partial charge in [-0.1, -0.05) is 59.8 Å². The number of nitrogens with one attached hydrogen (secondary N) is 1. The highest BCUT2D eigenvalue weighted by atomic mass is 32.1. The molecule has 0 aliphatic heterocycles. The van der Waals surface area contributed by atoms with Crippen LogP contribution in [0.1, 0.15) is 82.0 Å². The Morgan fingerprint density at radius 3 is 2.32 bits per heavy atom. The second-order valence-corrected chi connectivity index (χ2v) is 7.61. The monoisotopic (exact) mass is 281 g/mol. The summed E-state index contributed by atoms with van der Waals surface area (Å²) in [6.45, 7) is 9.15. The molecule has 1 heterocycles. The van der Waals surface area contributed by atoms with Crippen LogP contribution in [0.3, 0.4) is 0 Å². The summed E-state index contributed by atoms with van der Waals surface area (Å²) < 4.78 is 0. The maximum Gasteiger partial charge on any atom is 0.0412 e. The number of thiophene rings is 1. The fraction of sp³-hybridized carbons (Fsp3) is 0.765. The summed E-state index contributed by atoms with van der Waals surface area (Å²) >= 11 is 1.98. The van der Waals surface area contributed by atoms with Crippen LogP contribution in [-0.4, -0.2) is 7.05 Å².